The van der Waals surface area contributed by atoms with Crippen molar-refractivity contribution in [3.63, 3.8) is 0 Å². The van der Waals surface area contributed by atoms with E-state index in [1.165, 1.54) is 18.7 Å². The minimum absolute atomic E-state index is 0.132. The van der Waals surface area contributed by atoms with Gasteiger partial charge in [-0.2, -0.15) is 0 Å². The fourth-order valence-electron chi connectivity index (χ4n) is 1.77. The number of imidazole rings is 1. The number of nitrogens with zero attached hydrogens (tertiary/aromatic N) is 2. The van der Waals surface area contributed by atoms with Crippen molar-refractivity contribution in [3.8, 4) is 0 Å². The van der Waals surface area contributed by atoms with Gasteiger partial charge in [-0.05, 0) is 18.6 Å². The summed E-state index contributed by atoms with van der Waals surface area (Å²) in [6.07, 6.45) is 4.60. The van der Waals surface area contributed by atoms with E-state index in [-0.39, 0.29) is 12.1 Å². The molecular weight excluding hydrogens is 260 g/mol. The predicted molar refractivity (Wildman–Crippen MR) is 70.2 cm³/mol. The number of carboxylic acid groups (broad SMARTS) is 1. The van der Waals surface area contributed by atoms with Crippen molar-refractivity contribution in [1.82, 2.24) is 20.3 Å². The molecule has 0 saturated carbocycles. The molecule has 20 heavy (non-hydrogen) atoms. The van der Waals surface area contributed by atoms with Crippen molar-refractivity contribution in [2.24, 2.45) is 0 Å². The number of amides is 1. The lowest BCUT2D eigenvalue weighted by atomic mass is 10.1. The largest absolute Gasteiger partial charge is 0.480 e. The SMILES string of the molecule is Cc1cccnc1C(=O)N[C@H](Cc1cnc[nH]1)C(=O)O. The van der Waals surface area contributed by atoms with Crippen LogP contribution in [0.15, 0.2) is 30.9 Å². The molecule has 3 N–H and O–H groups in total. The van der Waals surface area contributed by atoms with Crippen molar-refractivity contribution in [2.45, 2.75) is 19.4 Å². The Morgan fingerprint density at radius 1 is 1.50 bits per heavy atom. The second kappa shape index (κ2) is 5.96. The molecule has 2 heterocycles. The molecule has 1 amide bonds. The first kappa shape index (κ1) is 13.7. The Morgan fingerprint density at radius 2 is 2.30 bits per heavy atom. The summed E-state index contributed by atoms with van der Waals surface area (Å²) in [6, 6.07) is 2.42. The number of rotatable bonds is 5. The predicted octanol–water partition coefficient (Wildman–Crippen LogP) is 0.539. The first-order chi connectivity index (χ1) is 9.58. The molecule has 2 aromatic heterocycles. The van der Waals surface area contributed by atoms with E-state index in [2.05, 4.69) is 20.3 Å². The number of hydrogen-bond donors (Lipinski definition) is 3. The average molecular weight is 274 g/mol. The molecule has 0 spiro atoms. The zero-order chi connectivity index (χ0) is 14.5. The number of aromatic amines is 1. The Hall–Kier alpha value is -2.70. The van der Waals surface area contributed by atoms with Crippen molar-refractivity contribution in [1.29, 1.82) is 0 Å². The van der Waals surface area contributed by atoms with Crippen LogP contribution in [0.5, 0.6) is 0 Å². The molecular formula is C13H14N4O3. The van der Waals surface area contributed by atoms with Gasteiger partial charge in [0.05, 0.1) is 6.33 Å². The molecule has 2 rings (SSSR count). The van der Waals surface area contributed by atoms with Gasteiger partial charge in [0.25, 0.3) is 5.91 Å². The van der Waals surface area contributed by atoms with E-state index < -0.39 is 17.9 Å². The molecule has 0 aliphatic heterocycles. The van der Waals surface area contributed by atoms with Crippen LogP contribution >= 0.6 is 0 Å². The molecule has 0 radical (unpaired) electrons. The fourth-order valence-corrected chi connectivity index (χ4v) is 1.77. The third kappa shape index (κ3) is 3.19. The Balaban J connectivity index is 2.10. The number of nitrogens with one attached hydrogen (secondary N) is 2. The maximum Gasteiger partial charge on any atom is 0.326 e. The molecule has 0 unspecified atom stereocenters. The maximum absolute atomic E-state index is 12.0. The van der Waals surface area contributed by atoms with Crippen LogP contribution in [0, 0.1) is 6.92 Å². The molecule has 0 aliphatic rings. The number of hydrogen-bond acceptors (Lipinski definition) is 4. The Morgan fingerprint density at radius 3 is 2.90 bits per heavy atom. The summed E-state index contributed by atoms with van der Waals surface area (Å²) in [5, 5.41) is 11.6. The van der Waals surface area contributed by atoms with Gasteiger partial charge in [-0.15, -0.1) is 0 Å². The highest BCUT2D eigenvalue weighted by Crippen LogP contribution is 2.05. The zero-order valence-electron chi connectivity index (χ0n) is 10.8. The highest BCUT2D eigenvalue weighted by molar-refractivity contribution is 5.96. The van der Waals surface area contributed by atoms with Crippen molar-refractivity contribution < 1.29 is 14.7 Å². The van der Waals surface area contributed by atoms with E-state index in [0.29, 0.717) is 11.3 Å². The summed E-state index contributed by atoms with van der Waals surface area (Å²) < 4.78 is 0. The van der Waals surface area contributed by atoms with Gasteiger partial charge in [-0.3, -0.25) is 9.78 Å². The average Bonchev–Trinajstić information content (AvgIpc) is 2.91. The van der Waals surface area contributed by atoms with Gasteiger partial charge in [-0.1, -0.05) is 6.07 Å². The first-order valence-electron chi connectivity index (χ1n) is 6.00. The molecule has 0 aliphatic carbocycles. The van der Waals surface area contributed by atoms with E-state index >= 15 is 0 Å². The smallest absolute Gasteiger partial charge is 0.326 e. The Kier molecular flexibility index (Phi) is 4.09. The lowest BCUT2D eigenvalue weighted by Crippen LogP contribution is -2.42. The summed E-state index contributed by atoms with van der Waals surface area (Å²) in [5.74, 6) is -1.61. The fraction of sp³-hybridized carbons (Fsp3) is 0.231. The summed E-state index contributed by atoms with van der Waals surface area (Å²) >= 11 is 0. The number of H-pyrrole nitrogens is 1. The van der Waals surface area contributed by atoms with E-state index in [9.17, 15) is 9.59 Å². The van der Waals surface area contributed by atoms with Crippen molar-refractivity contribution in [3.05, 3.63) is 47.8 Å². The quantitative estimate of drug-likeness (QED) is 0.737. The van der Waals surface area contributed by atoms with Crippen LogP contribution in [-0.4, -0.2) is 38.0 Å². The van der Waals surface area contributed by atoms with Crippen LogP contribution in [0.1, 0.15) is 21.7 Å². The van der Waals surface area contributed by atoms with Crippen molar-refractivity contribution in [2.75, 3.05) is 0 Å². The van der Waals surface area contributed by atoms with Crippen LogP contribution in [-0.2, 0) is 11.2 Å². The normalized spacial score (nSPS) is 11.8. The summed E-state index contributed by atoms with van der Waals surface area (Å²) in [5.41, 5.74) is 1.55. The van der Waals surface area contributed by atoms with Crippen LogP contribution in [0.4, 0.5) is 0 Å². The van der Waals surface area contributed by atoms with Crippen LogP contribution < -0.4 is 5.32 Å². The zero-order valence-corrected chi connectivity index (χ0v) is 10.8. The van der Waals surface area contributed by atoms with Crippen LogP contribution in [0.3, 0.4) is 0 Å². The van der Waals surface area contributed by atoms with Crippen LogP contribution in [0.25, 0.3) is 0 Å². The third-order valence-electron chi connectivity index (χ3n) is 2.81. The highest BCUT2D eigenvalue weighted by Gasteiger charge is 2.22. The van der Waals surface area contributed by atoms with E-state index in [1.807, 2.05) is 0 Å². The lowest BCUT2D eigenvalue weighted by molar-refractivity contribution is -0.139. The number of carbonyl (C=O) groups is 2. The summed E-state index contributed by atoms with van der Waals surface area (Å²) in [4.78, 5) is 33.8. The lowest BCUT2D eigenvalue weighted by Gasteiger charge is -2.14. The van der Waals surface area contributed by atoms with Gasteiger partial charge in [-0.25, -0.2) is 9.78 Å². The molecule has 0 bridgehead atoms. The number of carbonyl (C=O) groups excluding carboxylic acids is 1. The number of aliphatic carboxylic acids is 1. The summed E-state index contributed by atoms with van der Waals surface area (Å²) in [7, 11) is 0. The molecule has 7 nitrogen and oxygen atoms in total. The maximum atomic E-state index is 12.0. The number of pyridine rings is 1. The minimum atomic E-state index is -1.11. The molecule has 0 fully saturated rings. The minimum Gasteiger partial charge on any atom is -0.480 e. The second-order valence-electron chi connectivity index (χ2n) is 4.31. The van der Waals surface area contributed by atoms with Gasteiger partial charge in [0, 0.05) is 24.5 Å². The van der Waals surface area contributed by atoms with E-state index in [0.717, 1.165) is 0 Å². The van der Waals surface area contributed by atoms with E-state index in [4.69, 9.17) is 5.11 Å². The third-order valence-corrected chi connectivity index (χ3v) is 2.81. The van der Waals surface area contributed by atoms with Gasteiger partial charge in [0.15, 0.2) is 0 Å². The molecule has 104 valence electrons. The molecule has 1 atom stereocenters. The molecule has 2 aromatic rings. The first-order valence-corrected chi connectivity index (χ1v) is 6.00. The standard InChI is InChI=1S/C13H14N4O3/c1-8-3-2-4-15-11(8)12(18)17-10(13(19)20)5-9-6-14-7-16-9/h2-4,6-7,10H,5H2,1H3,(H,14,16)(H,17,18)(H,19,20)/t10-/m1/s1. The Labute approximate surface area is 115 Å². The highest BCUT2D eigenvalue weighted by atomic mass is 16.4. The topological polar surface area (TPSA) is 108 Å². The van der Waals surface area contributed by atoms with Gasteiger partial charge < -0.3 is 15.4 Å². The van der Waals surface area contributed by atoms with Crippen molar-refractivity contribution >= 4 is 11.9 Å². The molecule has 0 aromatic carbocycles. The van der Waals surface area contributed by atoms with E-state index in [1.54, 1.807) is 19.1 Å². The van der Waals surface area contributed by atoms with Gasteiger partial charge in [0.1, 0.15) is 11.7 Å². The summed E-state index contributed by atoms with van der Waals surface area (Å²) in [6.45, 7) is 1.74. The monoisotopic (exact) mass is 274 g/mol. The number of aryl methyl sites for hydroxylation is 1. The number of aromatic nitrogens is 3. The molecule has 7 heteroatoms. The van der Waals surface area contributed by atoms with Gasteiger partial charge >= 0.3 is 5.97 Å². The number of carboxylic acids is 1. The van der Waals surface area contributed by atoms with Gasteiger partial charge in [0.2, 0.25) is 0 Å². The Bertz CT molecular complexity index is 610. The second-order valence-corrected chi connectivity index (χ2v) is 4.31. The van der Waals surface area contributed by atoms with Crippen LogP contribution in [0.2, 0.25) is 0 Å². The molecule has 0 saturated heterocycles.